The molecule has 4 amide bonds. The number of hydrogen-bond acceptors (Lipinski definition) is 9. The second-order valence-electron chi connectivity index (χ2n) is 7.45. The third-order valence-electron chi connectivity index (χ3n) is 4.58. The van der Waals surface area contributed by atoms with Gasteiger partial charge in [-0.05, 0) is 24.1 Å². The topological polar surface area (TPSA) is 251 Å². The maximum atomic E-state index is 12.6. The first-order chi connectivity index (χ1) is 16.3. The molecule has 0 aliphatic carbocycles. The summed E-state index contributed by atoms with van der Waals surface area (Å²) < 4.78 is 0. The zero-order chi connectivity index (χ0) is 26.7. The highest BCUT2D eigenvalue weighted by Gasteiger charge is 2.31. The lowest BCUT2D eigenvalue weighted by Crippen LogP contribution is -2.58. The highest BCUT2D eigenvalue weighted by Crippen LogP contribution is 2.11. The van der Waals surface area contributed by atoms with Crippen LogP contribution in [0.4, 0.5) is 0 Å². The summed E-state index contributed by atoms with van der Waals surface area (Å²) in [5, 5.41) is 34.0. The van der Waals surface area contributed by atoms with Crippen LogP contribution in [0.25, 0.3) is 0 Å². The molecule has 0 aliphatic heterocycles. The minimum absolute atomic E-state index is 0.0112. The van der Waals surface area contributed by atoms with Gasteiger partial charge in [-0.2, -0.15) is 12.6 Å². The van der Waals surface area contributed by atoms with Crippen LogP contribution in [0.1, 0.15) is 18.4 Å². The molecule has 192 valence electrons. The van der Waals surface area contributed by atoms with Gasteiger partial charge in [0.2, 0.25) is 23.6 Å². The molecule has 14 nitrogen and oxygen atoms in total. The van der Waals surface area contributed by atoms with Gasteiger partial charge in [0.15, 0.2) is 0 Å². The summed E-state index contributed by atoms with van der Waals surface area (Å²) in [5.74, 6) is -7.21. The average molecular weight is 514 g/mol. The fourth-order valence-corrected chi connectivity index (χ4v) is 3.04. The van der Waals surface area contributed by atoms with E-state index in [2.05, 4.69) is 23.3 Å². The molecule has 10 N–H and O–H groups in total. The smallest absolute Gasteiger partial charge is 0.326 e. The summed E-state index contributed by atoms with van der Waals surface area (Å²) in [6.07, 6.45) is -1.53. The van der Waals surface area contributed by atoms with Gasteiger partial charge in [-0.15, -0.1) is 0 Å². The van der Waals surface area contributed by atoms with Gasteiger partial charge in [0.25, 0.3) is 0 Å². The normalized spacial score (nSPS) is 14.0. The number of aliphatic carboxylic acids is 2. The minimum Gasteiger partial charge on any atom is -0.508 e. The molecule has 1 aromatic carbocycles. The van der Waals surface area contributed by atoms with E-state index in [1.807, 2.05) is 5.32 Å². The first-order valence-electron chi connectivity index (χ1n) is 10.1. The van der Waals surface area contributed by atoms with E-state index in [4.69, 9.17) is 21.7 Å². The summed E-state index contributed by atoms with van der Waals surface area (Å²) in [7, 11) is 0. The largest absolute Gasteiger partial charge is 0.508 e. The Hall–Kier alpha value is -3.85. The minimum atomic E-state index is -1.66. The number of benzene rings is 1. The number of primary amides is 1. The lowest BCUT2D eigenvalue weighted by atomic mass is 10.0. The van der Waals surface area contributed by atoms with Gasteiger partial charge in [0.1, 0.15) is 23.9 Å². The summed E-state index contributed by atoms with van der Waals surface area (Å²) in [6, 6.07) is -0.0421. The fraction of sp³-hybridized carbons (Fsp3) is 0.400. The predicted octanol–water partition coefficient (Wildman–Crippen LogP) is -2.92. The zero-order valence-corrected chi connectivity index (χ0v) is 19.2. The third-order valence-corrected chi connectivity index (χ3v) is 4.94. The number of phenols is 1. The van der Waals surface area contributed by atoms with Gasteiger partial charge in [-0.3, -0.25) is 24.0 Å². The van der Waals surface area contributed by atoms with Crippen LogP contribution in [-0.4, -0.2) is 80.8 Å². The van der Waals surface area contributed by atoms with E-state index >= 15 is 0 Å². The van der Waals surface area contributed by atoms with Crippen molar-refractivity contribution in [2.75, 3.05) is 5.75 Å². The third kappa shape index (κ3) is 10.3. The first kappa shape index (κ1) is 29.2. The van der Waals surface area contributed by atoms with Crippen LogP contribution in [0.5, 0.6) is 5.75 Å². The van der Waals surface area contributed by atoms with Crippen LogP contribution < -0.4 is 27.4 Å². The maximum Gasteiger partial charge on any atom is 0.326 e. The molecule has 15 heteroatoms. The van der Waals surface area contributed by atoms with Crippen molar-refractivity contribution in [2.45, 2.75) is 43.4 Å². The van der Waals surface area contributed by atoms with E-state index in [-0.39, 0.29) is 17.9 Å². The van der Waals surface area contributed by atoms with E-state index in [1.54, 1.807) is 0 Å². The van der Waals surface area contributed by atoms with Gasteiger partial charge in [-0.1, -0.05) is 12.1 Å². The van der Waals surface area contributed by atoms with Crippen LogP contribution in [0.15, 0.2) is 24.3 Å². The van der Waals surface area contributed by atoms with Crippen molar-refractivity contribution >= 4 is 48.2 Å². The van der Waals surface area contributed by atoms with Crippen LogP contribution in [0.3, 0.4) is 0 Å². The van der Waals surface area contributed by atoms with Gasteiger partial charge in [0, 0.05) is 5.75 Å². The maximum absolute atomic E-state index is 12.6. The van der Waals surface area contributed by atoms with Crippen molar-refractivity contribution in [1.29, 1.82) is 0 Å². The first-order valence-corrected chi connectivity index (χ1v) is 10.8. The second-order valence-corrected chi connectivity index (χ2v) is 7.81. The van der Waals surface area contributed by atoms with Gasteiger partial charge in [-0.25, -0.2) is 4.79 Å². The molecule has 0 aliphatic rings. The second kappa shape index (κ2) is 13.8. The Morgan fingerprint density at radius 1 is 0.829 bits per heavy atom. The molecule has 0 heterocycles. The highest BCUT2D eigenvalue weighted by atomic mass is 32.1. The fourth-order valence-electron chi connectivity index (χ4n) is 2.78. The zero-order valence-electron chi connectivity index (χ0n) is 18.3. The van der Waals surface area contributed by atoms with Crippen molar-refractivity contribution < 1.29 is 44.1 Å². The molecular formula is C20H27N5O9S. The Kier molecular flexibility index (Phi) is 11.5. The SMILES string of the molecule is NC(=O)CC(NC(=O)C(CS)NC(=O)C(CC(=O)O)NC(=O)C(N)Cc1ccc(O)cc1)C(=O)O. The molecule has 0 saturated carbocycles. The van der Waals surface area contributed by atoms with E-state index < -0.39 is 72.6 Å². The lowest BCUT2D eigenvalue weighted by molar-refractivity contribution is -0.144. The van der Waals surface area contributed by atoms with Crippen LogP contribution in [0.2, 0.25) is 0 Å². The van der Waals surface area contributed by atoms with E-state index in [0.29, 0.717) is 5.56 Å². The number of carbonyl (C=O) groups excluding carboxylic acids is 4. The summed E-state index contributed by atoms with van der Waals surface area (Å²) in [4.78, 5) is 70.9. The van der Waals surface area contributed by atoms with Crippen molar-refractivity contribution in [2.24, 2.45) is 11.5 Å². The number of nitrogens with one attached hydrogen (secondary N) is 3. The Morgan fingerprint density at radius 2 is 1.34 bits per heavy atom. The molecule has 1 aromatic rings. The van der Waals surface area contributed by atoms with Crippen molar-refractivity contribution in [3.8, 4) is 5.75 Å². The number of carboxylic acids is 2. The highest BCUT2D eigenvalue weighted by molar-refractivity contribution is 7.80. The molecule has 0 spiro atoms. The predicted molar refractivity (Wildman–Crippen MR) is 123 cm³/mol. The molecule has 1 rings (SSSR count). The molecule has 4 atom stereocenters. The molecule has 0 fully saturated rings. The molecule has 0 bridgehead atoms. The summed E-state index contributed by atoms with van der Waals surface area (Å²) >= 11 is 3.92. The number of thiol groups is 1. The van der Waals surface area contributed by atoms with Gasteiger partial charge in [0.05, 0.1) is 18.9 Å². The van der Waals surface area contributed by atoms with Crippen molar-refractivity contribution in [3.63, 3.8) is 0 Å². The molecule has 4 unspecified atom stereocenters. The number of hydrogen-bond donors (Lipinski definition) is 9. The number of rotatable bonds is 14. The van der Waals surface area contributed by atoms with Crippen LogP contribution >= 0.6 is 12.6 Å². The van der Waals surface area contributed by atoms with E-state index in [0.717, 1.165) is 0 Å². The van der Waals surface area contributed by atoms with Crippen LogP contribution in [-0.2, 0) is 35.2 Å². The summed E-state index contributed by atoms with van der Waals surface area (Å²) in [6.45, 7) is 0. The molecule has 0 saturated heterocycles. The average Bonchev–Trinajstić information content (AvgIpc) is 2.76. The number of amides is 4. The number of carbonyl (C=O) groups is 6. The standard InChI is InChI=1S/C20H27N5O9S/c21-11(5-9-1-3-10(26)4-2-9)17(30)23-12(7-16(28)29)18(31)25-14(8-35)19(32)24-13(20(33)34)6-15(22)27/h1-4,11-14,26,35H,5-8,21H2,(H2,22,27)(H,23,30)(H,24,32)(H,25,31)(H,28,29)(H,33,34). The Morgan fingerprint density at radius 3 is 1.83 bits per heavy atom. The monoisotopic (exact) mass is 513 g/mol. The molecule has 35 heavy (non-hydrogen) atoms. The number of nitrogens with two attached hydrogens (primary N) is 2. The van der Waals surface area contributed by atoms with Crippen molar-refractivity contribution in [1.82, 2.24) is 16.0 Å². The summed E-state index contributed by atoms with van der Waals surface area (Å²) in [5.41, 5.74) is 11.4. The van der Waals surface area contributed by atoms with Crippen molar-refractivity contribution in [3.05, 3.63) is 29.8 Å². The quantitative estimate of drug-likeness (QED) is 0.115. The van der Waals surface area contributed by atoms with Crippen LogP contribution in [0, 0.1) is 0 Å². The molecular weight excluding hydrogens is 486 g/mol. The van der Waals surface area contributed by atoms with Gasteiger partial charge >= 0.3 is 11.9 Å². The van der Waals surface area contributed by atoms with E-state index in [1.165, 1.54) is 24.3 Å². The Labute approximate surface area is 204 Å². The number of carboxylic acid groups (broad SMARTS) is 2. The lowest BCUT2D eigenvalue weighted by Gasteiger charge is -2.23. The Bertz CT molecular complexity index is 957. The Balaban J connectivity index is 2.87. The number of aromatic hydroxyl groups is 1. The molecule has 0 radical (unpaired) electrons. The number of phenolic OH excluding ortho intramolecular Hbond substituents is 1. The van der Waals surface area contributed by atoms with Gasteiger partial charge < -0.3 is 42.7 Å². The molecule has 0 aromatic heterocycles. The van der Waals surface area contributed by atoms with E-state index in [9.17, 15) is 33.9 Å².